The molecule has 0 bridgehead atoms. The molecular formula is C28H30N2O3. The number of ketones is 1. The van der Waals surface area contributed by atoms with E-state index in [4.69, 9.17) is 4.42 Å². The van der Waals surface area contributed by atoms with E-state index in [-0.39, 0.29) is 11.3 Å². The van der Waals surface area contributed by atoms with Crippen LogP contribution in [0.2, 0.25) is 0 Å². The van der Waals surface area contributed by atoms with Gasteiger partial charge in [0.2, 0.25) is 0 Å². The minimum Gasteiger partial charge on any atom is -0.422 e. The summed E-state index contributed by atoms with van der Waals surface area (Å²) < 4.78 is 5.53. The van der Waals surface area contributed by atoms with Crippen LogP contribution in [0.4, 0.5) is 11.4 Å². The molecular weight excluding hydrogens is 412 g/mol. The lowest BCUT2D eigenvalue weighted by atomic mass is 9.90. The maximum atomic E-state index is 12.9. The largest absolute Gasteiger partial charge is 0.422 e. The van der Waals surface area contributed by atoms with Crippen LogP contribution in [0.5, 0.6) is 0 Å². The Balaban J connectivity index is 1.43. The number of benzene rings is 2. The van der Waals surface area contributed by atoms with Gasteiger partial charge in [0.05, 0.1) is 0 Å². The van der Waals surface area contributed by atoms with Crippen molar-refractivity contribution in [3.63, 3.8) is 0 Å². The van der Waals surface area contributed by atoms with Gasteiger partial charge in [0.25, 0.3) is 0 Å². The van der Waals surface area contributed by atoms with Gasteiger partial charge in [-0.05, 0) is 92.6 Å². The predicted octanol–water partition coefficient (Wildman–Crippen LogP) is 5.23. The maximum Gasteiger partial charge on any atom is 0.347 e. The highest BCUT2D eigenvalue weighted by Crippen LogP contribution is 2.36. The van der Waals surface area contributed by atoms with Crippen molar-refractivity contribution in [2.24, 2.45) is 0 Å². The Morgan fingerprint density at radius 2 is 1.73 bits per heavy atom. The van der Waals surface area contributed by atoms with Crippen LogP contribution < -0.4 is 15.4 Å². The van der Waals surface area contributed by atoms with Crippen LogP contribution >= 0.6 is 0 Å². The van der Waals surface area contributed by atoms with Crippen LogP contribution in [0.25, 0.3) is 17.0 Å². The number of rotatable bonds is 6. The van der Waals surface area contributed by atoms with Crippen LogP contribution in [0, 0.1) is 0 Å². The van der Waals surface area contributed by atoms with Gasteiger partial charge in [-0.25, -0.2) is 4.79 Å². The normalized spacial score (nSPS) is 15.2. The molecule has 0 N–H and O–H groups in total. The second-order valence-electron chi connectivity index (χ2n) is 8.92. The lowest BCUT2D eigenvalue weighted by Crippen LogP contribution is -2.34. The fourth-order valence-electron chi connectivity index (χ4n) is 5.25. The Kier molecular flexibility index (Phi) is 5.79. The van der Waals surface area contributed by atoms with Crippen molar-refractivity contribution in [1.82, 2.24) is 0 Å². The Morgan fingerprint density at radius 3 is 2.39 bits per heavy atom. The van der Waals surface area contributed by atoms with Gasteiger partial charge in [-0.3, -0.25) is 4.79 Å². The zero-order valence-corrected chi connectivity index (χ0v) is 19.4. The molecule has 1 aromatic heterocycles. The lowest BCUT2D eigenvalue weighted by molar-refractivity contribution is 0.104. The number of anilines is 2. The summed E-state index contributed by atoms with van der Waals surface area (Å²) in [5.74, 6) is -0.327. The van der Waals surface area contributed by atoms with Crippen molar-refractivity contribution < 1.29 is 9.21 Å². The van der Waals surface area contributed by atoms with Crippen LogP contribution in [-0.4, -0.2) is 32.0 Å². The molecule has 5 nitrogen and oxygen atoms in total. The van der Waals surface area contributed by atoms with Gasteiger partial charge in [-0.2, -0.15) is 0 Å². The third-order valence-corrected chi connectivity index (χ3v) is 6.90. The summed E-state index contributed by atoms with van der Waals surface area (Å²) in [6.07, 6.45) is 7.84. The fraction of sp³-hybridized carbons (Fsp3) is 0.357. The van der Waals surface area contributed by atoms with E-state index in [1.807, 2.05) is 24.3 Å². The summed E-state index contributed by atoms with van der Waals surface area (Å²) in [6.45, 7) is 8.20. The van der Waals surface area contributed by atoms with Gasteiger partial charge in [0.1, 0.15) is 11.1 Å². The van der Waals surface area contributed by atoms with E-state index in [9.17, 15) is 9.59 Å². The Morgan fingerprint density at radius 1 is 1.03 bits per heavy atom. The lowest BCUT2D eigenvalue weighted by Gasteiger charge is -2.37. The van der Waals surface area contributed by atoms with Crippen LogP contribution in [-0.2, 0) is 12.8 Å². The third-order valence-electron chi connectivity index (χ3n) is 6.90. The molecule has 0 aliphatic carbocycles. The number of fused-ring (bicyclic) bond motifs is 1. The highest BCUT2D eigenvalue weighted by molar-refractivity contribution is 6.08. The zero-order chi connectivity index (χ0) is 22.9. The number of carbonyl (C=O) groups excluding carboxylic acids is 1. The molecule has 3 heterocycles. The first kappa shape index (κ1) is 21.5. The molecule has 2 aliphatic heterocycles. The van der Waals surface area contributed by atoms with Gasteiger partial charge < -0.3 is 14.2 Å². The first-order valence-electron chi connectivity index (χ1n) is 12.0. The summed E-state index contributed by atoms with van der Waals surface area (Å²) in [6, 6.07) is 11.8. The fourth-order valence-corrected chi connectivity index (χ4v) is 5.25. The highest BCUT2D eigenvalue weighted by Gasteiger charge is 2.24. The molecule has 3 aromatic rings. The van der Waals surface area contributed by atoms with E-state index >= 15 is 0 Å². The summed E-state index contributed by atoms with van der Waals surface area (Å²) in [5, 5.41) is 0.751. The van der Waals surface area contributed by atoms with Gasteiger partial charge in [-0.1, -0.05) is 6.08 Å². The first-order valence-corrected chi connectivity index (χ1v) is 12.0. The number of carbonyl (C=O) groups is 1. The predicted molar refractivity (Wildman–Crippen MR) is 135 cm³/mol. The van der Waals surface area contributed by atoms with Crippen molar-refractivity contribution in [3.8, 4) is 0 Å². The molecule has 0 amide bonds. The summed E-state index contributed by atoms with van der Waals surface area (Å²) in [7, 11) is 0. The molecule has 0 radical (unpaired) electrons. The van der Waals surface area contributed by atoms with Crippen molar-refractivity contribution in [3.05, 3.63) is 75.1 Å². The van der Waals surface area contributed by atoms with E-state index in [1.54, 1.807) is 6.07 Å². The monoisotopic (exact) mass is 442 g/mol. The highest BCUT2D eigenvalue weighted by atomic mass is 16.4. The van der Waals surface area contributed by atoms with Crippen LogP contribution in [0.15, 0.2) is 51.7 Å². The van der Waals surface area contributed by atoms with E-state index in [2.05, 4.69) is 35.8 Å². The van der Waals surface area contributed by atoms with E-state index < -0.39 is 5.63 Å². The second-order valence-corrected chi connectivity index (χ2v) is 8.92. The average Bonchev–Trinajstić information content (AvgIpc) is 2.83. The van der Waals surface area contributed by atoms with Gasteiger partial charge in [-0.15, -0.1) is 0 Å². The Bertz CT molecular complexity index is 1270. The number of hydrogen-bond donors (Lipinski definition) is 0. The van der Waals surface area contributed by atoms with Crippen LogP contribution in [0.3, 0.4) is 0 Å². The number of nitrogens with zero attached hydrogens (tertiary/aromatic N) is 2. The quantitative estimate of drug-likeness (QED) is 0.297. The Labute approximate surface area is 194 Å². The van der Waals surface area contributed by atoms with E-state index in [0.29, 0.717) is 5.58 Å². The third kappa shape index (κ3) is 4.08. The molecule has 5 heteroatoms. The topological polar surface area (TPSA) is 53.8 Å². The van der Waals surface area contributed by atoms with Gasteiger partial charge in [0, 0.05) is 49.0 Å². The molecule has 170 valence electrons. The minimum absolute atomic E-state index is 0.0693. The minimum atomic E-state index is -0.593. The molecule has 0 spiro atoms. The molecule has 0 unspecified atom stereocenters. The smallest absolute Gasteiger partial charge is 0.347 e. The number of aryl methyl sites for hydroxylation is 2. The molecule has 2 aromatic carbocycles. The van der Waals surface area contributed by atoms with E-state index in [1.165, 1.54) is 35.7 Å². The maximum absolute atomic E-state index is 12.9. The molecule has 2 aliphatic rings. The van der Waals surface area contributed by atoms with Crippen molar-refractivity contribution in [2.75, 3.05) is 36.0 Å². The van der Waals surface area contributed by atoms with Crippen molar-refractivity contribution >= 4 is 34.2 Å². The first-order chi connectivity index (χ1) is 16.1. The van der Waals surface area contributed by atoms with Crippen molar-refractivity contribution in [2.45, 2.75) is 39.5 Å². The Hall–Kier alpha value is -3.34. The van der Waals surface area contributed by atoms with Crippen molar-refractivity contribution in [1.29, 1.82) is 0 Å². The van der Waals surface area contributed by atoms with E-state index in [0.717, 1.165) is 55.7 Å². The molecule has 0 atom stereocenters. The summed E-state index contributed by atoms with van der Waals surface area (Å²) in [4.78, 5) is 30.2. The summed E-state index contributed by atoms with van der Waals surface area (Å²) >= 11 is 0. The van der Waals surface area contributed by atoms with Crippen LogP contribution in [0.1, 0.15) is 53.7 Å². The summed E-state index contributed by atoms with van der Waals surface area (Å²) in [5.41, 5.74) is 6.17. The molecule has 0 fully saturated rings. The second kappa shape index (κ2) is 8.89. The number of hydrogen-bond acceptors (Lipinski definition) is 5. The van der Waals surface area contributed by atoms with Gasteiger partial charge >= 0.3 is 5.63 Å². The number of allylic oxidation sites excluding steroid dienone is 1. The standard InChI is InChI=1S/C28H30N2O3/c1-3-29(4-2)23-11-10-20-17-24(28(32)33-26(20)18-23)25(31)12-9-19-15-21-7-5-13-30-14-6-8-22(16-19)27(21)30/h9-12,15-18H,3-8,13-14H2,1-2H3. The molecule has 33 heavy (non-hydrogen) atoms. The molecule has 0 saturated heterocycles. The van der Waals surface area contributed by atoms with Gasteiger partial charge in [0.15, 0.2) is 5.78 Å². The molecule has 5 rings (SSSR count). The zero-order valence-electron chi connectivity index (χ0n) is 19.4. The molecule has 0 saturated carbocycles. The SMILES string of the molecule is CCN(CC)c1ccc2cc(C(=O)C=Cc3cc4c5c(c3)CCCN5CCC4)c(=O)oc2c1. The average molecular weight is 443 g/mol.